The fourth-order valence-electron chi connectivity index (χ4n) is 2.56. The van der Waals surface area contributed by atoms with Crippen molar-refractivity contribution in [1.29, 1.82) is 0 Å². The molecule has 4 heteroatoms. The summed E-state index contributed by atoms with van der Waals surface area (Å²) in [5, 5.41) is 8.76. The summed E-state index contributed by atoms with van der Waals surface area (Å²) in [5.74, 6) is -0.789. The molecular weight excluding hydrogens is 206 g/mol. The number of nitrogens with zero attached hydrogens (tertiary/aromatic N) is 1. The van der Waals surface area contributed by atoms with E-state index in [2.05, 4.69) is 0 Å². The van der Waals surface area contributed by atoms with Crippen molar-refractivity contribution in [2.45, 2.75) is 26.2 Å². The summed E-state index contributed by atoms with van der Waals surface area (Å²) in [4.78, 5) is 22.6. The number of aliphatic carboxylic acids is 1. The predicted octanol–water partition coefficient (Wildman–Crippen LogP) is 1.55. The van der Waals surface area contributed by atoms with Crippen LogP contribution in [0.15, 0.2) is 6.20 Å². The Hall–Kier alpha value is -1.58. The summed E-state index contributed by atoms with van der Waals surface area (Å²) in [6.45, 7) is 1.92. The second-order valence-corrected chi connectivity index (χ2v) is 4.54. The highest BCUT2D eigenvalue weighted by Crippen LogP contribution is 2.30. The molecule has 16 heavy (non-hydrogen) atoms. The van der Waals surface area contributed by atoms with E-state index >= 15 is 0 Å². The number of Topliss-reactive ketones (excluding diaryl/α,β-unsaturated/α-hetero) is 1. The third kappa shape index (κ3) is 1.75. The van der Waals surface area contributed by atoms with Crippen LogP contribution in [0.4, 0.5) is 0 Å². The predicted molar refractivity (Wildman–Crippen MR) is 58.5 cm³/mol. The van der Waals surface area contributed by atoms with Crippen molar-refractivity contribution in [3.63, 3.8) is 0 Å². The molecule has 2 rings (SSSR count). The Kier molecular flexibility index (Phi) is 2.58. The van der Waals surface area contributed by atoms with E-state index in [1.165, 1.54) is 0 Å². The Balaban J connectivity index is 2.32. The summed E-state index contributed by atoms with van der Waals surface area (Å²) in [6.07, 6.45) is 3.07. The van der Waals surface area contributed by atoms with Gasteiger partial charge in [-0.1, -0.05) is 0 Å². The molecule has 1 aliphatic rings. The molecular formula is C12H15NO3. The number of aromatic nitrogens is 1. The van der Waals surface area contributed by atoms with Crippen molar-refractivity contribution in [3.05, 3.63) is 23.0 Å². The van der Waals surface area contributed by atoms with Crippen LogP contribution in [-0.2, 0) is 18.3 Å². The Morgan fingerprint density at radius 3 is 2.88 bits per heavy atom. The molecule has 1 N–H and O–H groups in total. The zero-order chi connectivity index (χ0) is 11.9. The molecule has 0 spiro atoms. The molecule has 1 atom stereocenters. The molecule has 1 aliphatic carbocycles. The molecule has 1 unspecified atom stereocenters. The van der Waals surface area contributed by atoms with Gasteiger partial charge in [0.25, 0.3) is 0 Å². The van der Waals surface area contributed by atoms with Gasteiger partial charge in [0, 0.05) is 37.3 Å². The lowest BCUT2D eigenvalue weighted by Crippen LogP contribution is -2.23. The van der Waals surface area contributed by atoms with Crippen molar-refractivity contribution in [2.75, 3.05) is 0 Å². The van der Waals surface area contributed by atoms with Gasteiger partial charge in [-0.2, -0.15) is 0 Å². The quantitative estimate of drug-likeness (QED) is 0.824. The van der Waals surface area contributed by atoms with E-state index in [1.807, 2.05) is 24.7 Å². The topological polar surface area (TPSA) is 59.3 Å². The summed E-state index contributed by atoms with van der Waals surface area (Å²) in [7, 11) is 1.91. The Labute approximate surface area is 93.9 Å². The minimum atomic E-state index is -0.827. The standard InChI is InChI=1S/C12H15NO3/c1-7-6-13(2)9-3-8(5-11(15)16)4-10(14)12(7)9/h6,8H,3-5H2,1-2H3,(H,15,16). The van der Waals surface area contributed by atoms with Crippen LogP contribution >= 0.6 is 0 Å². The lowest BCUT2D eigenvalue weighted by molar-refractivity contribution is -0.138. The monoisotopic (exact) mass is 221 g/mol. The molecule has 1 aromatic rings. The SMILES string of the molecule is Cc1cn(C)c2c1C(=O)CC(CC(=O)O)C2. The van der Waals surface area contributed by atoms with Gasteiger partial charge in [-0.3, -0.25) is 9.59 Å². The fraction of sp³-hybridized carbons (Fsp3) is 0.500. The molecule has 4 nitrogen and oxygen atoms in total. The first-order valence-electron chi connectivity index (χ1n) is 5.38. The van der Waals surface area contributed by atoms with E-state index in [0.717, 1.165) is 16.8 Å². The van der Waals surface area contributed by atoms with Gasteiger partial charge in [0.15, 0.2) is 5.78 Å². The zero-order valence-electron chi connectivity index (χ0n) is 9.49. The van der Waals surface area contributed by atoms with E-state index in [-0.39, 0.29) is 18.1 Å². The van der Waals surface area contributed by atoms with E-state index < -0.39 is 5.97 Å². The van der Waals surface area contributed by atoms with Crippen LogP contribution in [0.2, 0.25) is 0 Å². The number of carboxylic acid groups (broad SMARTS) is 1. The van der Waals surface area contributed by atoms with Crippen LogP contribution in [0.1, 0.15) is 34.5 Å². The van der Waals surface area contributed by atoms with Crippen LogP contribution in [0.3, 0.4) is 0 Å². The Bertz CT molecular complexity index is 459. The molecule has 1 heterocycles. The van der Waals surface area contributed by atoms with Gasteiger partial charge >= 0.3 is 5.97 Å². The third-order valence-corrected chi connectivity index (χ3v) is 3.19. The molecule has 0 bridgehead atoms. The first-order chi connectivity index (χ1) is 7.49. The number of carboxylic acids is 1. The van der Waals surface area contributed by atoms with Crippen molar-refractivity contribution in [1.82, 2.24) is 4.57 Å². The average Bonchev–Trinajstić information content (AvgIpc) is 2.41. The number of hydrogen-bond acceptors (Lipinski definition) is 2. The van der Waals surface area contributed by atoms with Crippen LogP contribution in [0.25, 0.3) is 0 Å². The fourth-order valence-corrected chi connectivity index (χ4v) is 2.56. The van der Waals surface area contributed by atoms with Crippen LogP contribution < -0.4 is 0 Å². The van der Waals surface area contributed by atoms with Gasteiger partial charge < -0.3 is 9.67 Å². The largest absolute Gasteiger partial charge is 0.481 e. The van der Waals surface area contributed by atoms with Gasteiger partial charge in [-0.05, 0) is 24.8 Å². The van der Waals surface area contributed by atoms with Crippen LogP contribution in [0, 0.1) is 12.8 Å². The maximum absolute atomic E-state index is 11.9. The number of carbonyl (C=O) groups is 2. The smallest absolute Gasteiger partial charge is 0.303 e. The van der Waals surface area contributed by atoms with Gasteiger partial charge in [-0.25, -0.2) is 0 Å². The third-order valence-electron chi connectivity index (χ3n) is 3.19. The molecule has 0 aliphatic heterocycles. The molecule has 0 radical (unpaired) electrons. The van der Waals surface area contributed by atoms with E-state index in [9.17, 15) is 9.59 Å². The second kappa shape index (κ2) is 3.77. The number of fused-ring (bicyclic) bond motifs is 1. The van der Waals surface area contributed by atoms with Crippen molar-refractivity contribution in [3.8, 4) is 0 Å². The average molecular weight is 221 g/mol. The molecule has 1 aromatic heterocycles. The van der Waals surface area contributed by atoms with Crippen molar-refractivity contribution in [2.24, 2.45) is 13.0 Å². The highest BCUT2D eigenvalue weighted by Gasteiger charge is 2.29. The van der Waals surface area contributed by atoms with E-state index in [4.69, 9.17) is 5.11 Å². The summed E-state index contributed by atoms with van der Waals surface area (Å²) < 4.78 is 1.94. The Morgan fingerprint density at radius 1 is 1.56 bits per heavy atom. The molecule has 0 amide bonds. The minimum Gasteiger partial charge on any atom is -0.481 e. The maximum atomic E-state index is 11.9. The Morgan fingerprint density at radius 2 is 2.25 bits per heavy atom. The highest BCUT2D eigenvalue weighted by molar-refractivity contribution is 6.00. The zero-order valence-corrected chi connectivity index (χ0v) is 9.49. The van der Waals surface area contributed by atoms with Crippen LogP contribution in [-0.4, -0.2) is 21.4 Å². The van der Waals surface area contributed by atoms with Crippen molar-refractivity contribution >= 4 is 11.8 Å². The van der Waals surface area contributed by atoms with Gasteiger partial charge in [-0.15, -0.1) is 0 Å². The summed E-state index contributed by atoms with van der Waals surface area (Å²) >= 11 is 0. The second-order valence-electron chi connectivity index (χ2n) is 4.54. The molecule has 0 saturated carbocycles. The lowest BCUT2D eigenvalue weighted by Gasteiger charge is -2.21. The number of hydrogen-bond donors (Lipinski definition) is 1. The normalized spacial score (nSPS) is 19.6. The first-order valence-corrected chi connectivity index (χ1v) is 5.38. The number of carbonyl (C=O) groups excluding carboxylic acids is 1. The van der Waals surface area contributed by atoms with Gasteiger partial charge in [0.05, 0.1) is 0 Å². The van der Waals surface area contributed by atoms with Gasteiger partial charge in [0.1, 0.15) is 0 Å². The van der Waals surface area contributed by atoms with Crippen molar-refractivity contribution < 1.29 is 14.7 Å². The van der Waals surface area contributed by atoms with Gasteiger partial charge in [0.2, 0.25) is 0 Å². The molecule has 0 saturated heterocycles. The summed E-state index contributed by atoms with van der Waals surface area (Å²) in [5.41, 5.74) is 2.79. The molecule has 0 aromatic carbocycles. The van der Waals surface area contributed by atoms with E-state index in [1.54, 1.807) is 0 Å². The minimum absolute atomic E-state index is 0.0505. The number of ketones is 1. The lowest BCUT2D eigenvalue weighted by atomic mass is 9.84. The van der Waals surface area contributed by atoms with Crippen LogP contribution in [0.5, 0.6) is 0 Å². The number of rotatable bonds is 2. The number of aryl methyl sites for hydroxylation is 2. The molecule has 0 fully saturated rings. The van der Waals surface area contributed by atoms with E-state index in [0.29, 0.717) is 12.8 Å². The maximum Gasteiger partial charge on any atom is 0.303 e. The highest BCUT2D eigenvalue weighted by atomic mass is 16.4. The first kappa shape index (κ1) is 10.9. The molecule has 86 valence electrons. The summed E-state index contributed by atoms with van der Waals surface area (Å²) in [6, 6.07) is 0.